The number of carbonyl (C=O) groups excluding carboxylic acids is 11. The summed E-state index contributed by atoms with van der Waals surface area (Å²) in [5.74, 6) is -12.0. The number of amides is 11. The Balaban J connectivity index is 1.68. The van der Waals surface area contributed by atoms with E-state index in [0.717, 1.165) is 0 Å². The molecular weight excluding hydrogens is 1110 g/mol. The number of aliphatic hydroxyl groups excluding tert-OH is 1. The van der Waals surface area contributed by atoms with Gasteiger partial charge in [-0.3, -0.25) is 57.7 Å². The number of aliphatic imine (C=N–C) groups is 1. The van der Waals surface area contributed by atoms with Crippen LogP contribution in [-0.2, 0) is 70.4 Å². The van der Waals surface area contributed by atoms with E-state index in [1.165, 1.54) is 11.8 Å². The fourth-order valence-electron chi connectivity index (χ4n) is 9.43. The van der Waals surface area contributed by atoms with Crippen molar-refractivity contribution in [2.24, 2.45) is 45.3 Å². The first-order chi connectivity index (χ1) is 40.1. The number of aromatic nitrogens is 1. The minimum absolute atomic E-state index is 0.00856. The number of carboxylic acid groups (broad SMARTS) is 1. The number of aliphatic carboxylic acids is 1. The number of carboxylic acids is 1. The molecule has 22 N–H and O–H groups in total. The van der Waals surface area contributed by atoms with Crippen LogP contribution >= 0.6 is 0 Å². The van der Waals surface area contributed by atoms with Gasteiger partial charge < -0.3 is 91.7 Å². The Morgan fingerprint density at radius 2 is 1.19 bits per heavy atom. The summed E-state index contributed by atoms with van der Waals surface area (Å²) in [6.45, 7) is 4.68. The van der Waals surface area contributed by atoms with Gasteiger partial charge in [-0.25, -0.2) is 4.79 Å². The number of benzene rings is 2. The van der Waals surface area contributed by atoms with Gasteiger partial charge in [0.2, 0.25) is 65.0 Å². The molecule has 11 amide bonds. The molecule has 30 heteroatoms. The Morgan fingerprint density at radius 1 is 0.635 bits per heavy atom. The lowest BCUT2D eigenvalue weighted by Crippen LogP contribution is -2.61. The van der Waals surface area contributed by atoms with Gasteiger partial charge in [0.25, 0.3) is 0 Å². The predicted molar refractivity (Wildman–Crippen MR) is 308 cm³/mol. The first kappa shape index (κ1) is 68.3. The van der Waals surface area contributed by atoms with E-state index in [1.807, 2.05) is 0 Å². The molecule has 2 aromatic carbocycles. The fraction of sp³-hybridized carbons (Fsp3) is 0.509. The molecule has 85 heavy (non-hydrogen) atoms. The summed E-state index contributed by atoms with van der Waals surface area (Å²) in [6, 6.07) is 1.90. The van der Waals surface area contributed by atoms with E-state index in [4.69, 9.17) is 34.4 Å². The van der Waals surface area contributed by atoms with Crippen LogP contribution in [0.4, 0.5) is 0 Å². The SMILES string of the molecule is CC(C)C[C@H](NC(=O)[C@@H]1CCCN1C(=O)[C@H](Cc1c[nH]c2ccccc12)NC(=O)[C@H](CC(N)=O)NC(=O)[C@H](Cc1ccccc1)NC(=O)[C@H](CCCN=C(N)N)NC(=O)[C@H](CCC(N)=O)NC(=O)[C@@H](N)CCC(N)=O)C(=O)N[C@H](C(=O)O)[C@@H](C)O. The van der Waals surface area contributed by atoms with Crippen LogP contribution in [0.15, 0.2) is 65.8 Å². The van der Waals surface area contributed by atoms with Crippen LogP contribution in [0.5, 0.6) is 0 Å². The van der Waals surface area contributed by atoms with Crippen LogP contribution in [0, 0.1) is 5.92 Å². The summed E-state index contributed by atoms with van der Waals surface area (Å²) in [7, 11) is 0. The summed E-state index contributed by atoms with van der Waals surface area (Å²) < 4.78 is 0. The number of hydrogen-bond acceptors (Lipinski definition) is 15. The highest BCUT2D eigenvalue weighted by atomic mass is 16.4. The number of nitrogens with two attached hydrogens (primary N) is 6. The van der Waals surface area contributed by atoms with Gasteiger partial charge in [-0.15, -0.1) is 0 Å². The van der Waals surface area contributed by atoms with Crippen LogP contribution in [-0.4, -0.2) is 171 Å². The highest BCUT2D eigenvalue weighted by Gasteiger charge is 2.41. The van der Waals surface area contributed by atoms with E-state index in [9.17, 15) is 67.7 Å². The normalized spacial score (nSPS) is 16.1. The molecule has 0 aliphatic carbocycles. The van der Waals surface area contributed by atoms with Crippen molar-refractivity contribution in [2.75, 3.05) is 13.1 Å². The Bertz CT molecular complexity index is 2900. The Labute approximate surface area is 489 Å². The second-order valence-corrected chi connectivity index (χ2v) is 21.2. The van der Waals surface area contributed by atoms with Crippen LogP contribution < -0.4 is 71.6 Å². The monoisotopic (exact) mass is 1190 g/mol. The summed E-state index contributed by atoms with van der Waals surface area (Å²) in [6.07, 6.45) is -2.04. The number of primary amides is 3. The van der Waals surface area contributed by atoms with Crippen LogP contribution in [0.25, 0.3) is 10.9 Å². The Kier molecular flexibility index (Phi) is 26.7. The number of guanidine groups is 1. The molecule has 1 aliphatic heterocycles. The molecule has 1 aromatic heterocycles. The first-order valence-corrected chi connectivity index (χ1v) is 27.7. The lowest BCUT2D eigenvalue weighted by molar-refractivity contribution is -0.146. The van der Waals surface area contributed by atoms with Gasteiger partial charge in [-0.1, -0.05) is 62.4 Å². The number of aromatic amines is 1. The van der Waals surface area contributed by atoms with Gasteiger partial charge in [0, 0.05) is 55.9 Å². The van der Waals surface area contributed by atoms with Crippen molar-refractivity contribution in [1.29, 1.82) is 0 Å². The van der Waals surface area contributed by atoms with Crippen LogP contribution in [0.1, 0.15) is 96.1 Å². The van der Waals surface area contributed by atoms with Crippen LogP contribution in [0.3, 0.4) is 0 Å². The number of para-hydroxylation sites is 1. The molecule has 30 nitrogen and oxygen atoms in total. The third-order valence-electron chi connectivity index (χ3n) is 13.8. The third-order valence-corrected chi connectivity index (χ3v) is 13.8. The Morgan fingerprint density at radius 3 is 1.80 bits per heavy atom. The summed E-state index contributed by atoms with van der Waals surface area (Å²) in [5, 5.41) is 38.0. The number of aliphatic hydroxyl groups is 1. The standard InChI is InChI=1S/C55H80N16O14/c1-28(2)23-37(51(81)70-45(29(3)72)54(84)85)68-52(82)41-16-10-22-71(41)53(83)40(25-31-27-63-34-14-8-7-13-32(31)34)69-50(80)39(26-44(59)75)67-49(79)38(24-30-11-5-4-6-12-30)66-47(77)35(15-9-21-62-55(60)61)65-48(78)36(18-20-43(58)74)64-46(76)33(56)17-19-42(57)73/h4-8,11-14,27-29,33,35-41,45,63,72H,9-10,15-26,56H2,1-3H3,(H2,57,73)(H2,58,74)(H2,59,75)(H,64,76)(H,65,78)(H,66,77)(H,67,79)(H,68,82)(H,69,80)(H,70,81)(H,84,85)(H4,60,61,62)/t29-,33+,35+,36+,37+,38+,39+,40+,41+,45+/m1/s1. The average molecular weight is 1190 g/mol. The zero-order chi connectivity index (χ0) is 63.1. The molecule has 3 aromatic rings. The smallest absolute Gasteiger partial charge is 0.328 e. The molecule has 10 atom stereocenters. The molecule has 2 heterocycles. The maximum absolute atomic E-state index is 15.0. The van der Waals surface area contributed by atoms with Gasteiger partial charge >= 0.3 is 5.97 Å². The molecular formula is C55H80N16O14. The van der Waals surface area contributed by atoms with Crippen molar-refractivity contribution in [3.05, 3.63) is 71.9 Å². The van der Waals surface area contributed by atoms with E-state index in [1.54, 1.807) is 74.6 Å². The fourth-order valence-corrected chi connectivity index (χ4v) is 9.43. The quantitative estimate of drug-likeness (QED) is 0.0150. The van der Waals surface area contributed by atoms with E-state index in [-0.39, 0.29) is 82.8 Å². The van der Waals surface area contributed by atoms with E-state index < -0.39 is 144 Å². The van der Waals surface area contributed by atoms with Gasteiger partial charge in [-0.05, 0) is 75.0 Å². The topological polar surface area (TPSA) is 517 Å². The molecule has 0 saturated carbocycles. The van der Waals surface area contributed by atoms with Crippen molar-refractivity contribution in [3.63, 3.8) is 0 Å². The average Bonchev–Trinajstić information content (AvgIpc) is 2.77. The van der Waals surface area contributed by atoms with Crippen LogP contribution in [0.2, 0.25) is 0 Å². The van der Waals surface area contributed by atoms with Gasteiger partial charge in [-0.2, -0.15) is 0 Å². The molecule has 0 radical (unpaired) electrons. The third kappa shape index (κ3) is 22.1. The minimum atomic E-state index is -1.82. The van der Waals surface area contributed by atoms with Gasteiger partial charge in [0.15, 0.2) is 12.0 Å². The number of nitrogens with zero attached hydrogens (tertiary/aromatic N) is 2. The molecule has 1 fully saturated rings. The minimum Gasteiger partial charge on any atom is -0.480 e. The zero-order valence-electron chi connectivity index (χ0n) is 47.7. The number of nitrogens with one attached hydrogen (secondary N) is 8. The first-order valence-electron chi connectivity index (χ1n) is 27.7. The van der Waals surface area contributed by atoms with Crippen molar-refractivity contribution < 1.29 is 67.7 Å². The molecule has 0 unspecified atom stereocenters. The lowest BCUT2D eigenvalue weighted by atomic mass is 10.0. The summed E-state index contributed by atoms with van der Waals surface area (Å²) in [4.78, 5) is 170. The lowest BCUT2D eigenvalue weighted by Gasteiger charge is -2.31. The Hall–Kier alpha value is -9.19. The zero-order valence-corrected chi connectivity index (χ0v) is 47.7. The molecule has 0 bridgehead atoms. The number of H-pyrrole nitrogens is 1. The van der Waals surface area contributed by atoms with Crippen molar-refractivity contribution >= 4 is 87.8 Å². The van der Waals surface area contributed by atoms with E-state index >= 15 is 0 Å². The largest absolute Gasteiger partial charge is 0.480 e. The maximum atomic E-state index is 15.0. The summed E-state index contributed by atoms with van der Waals surface area (Å²) in [5.41, 5.74) is 34.9. The second-order valence-electron chi connectivity index (χ2n) is 21.2. The molecule has 0 spiro atoms. The van der Waals surface area contributed by atoms with E-state index in [2.05, 4.69) is 47.2 Å². The highest BCUT2D eigenvalue weighted by molar-refractivity contribution is 6.00. The summed E-state index contributed by atoms with van der Waals surface area (Å²) >= 11 is 0. The second kappa shape index (κ2) is 33.2. The molecule has 1 saturated heterocycles. The van der Waals surface area contributed by atoms with E-state index in [0.29, 0.717) is 28.5 Å². The maximum Gasteiger partial charge on any atom is 0.328 e. The molecule has 4 rings (SSSR count). The number of carbonyl (C=O) groups is 12. The number of likely N-dealkylation sites (tertiary alicyclic amines) is 1. The number of rotatable bonds is 35. The van der Waals surface area contributed by atoms with Crippen molar-refractivity contribution in [3.8, 4) is 0 Å². The van der Waals surface area contributed by atoms with Gasteiger partial charge in [0.05, 0.1) is 18.6 Å². The molecule has 1 aliphatic rings. The molecule has 464 valence electrons. The highest BCUT2D eigenvalue weighted by Crippen LogP contribution is 2.24. The number of hydrogen-bond donors (Lipinski definition) is 16. The van der Waals surface area contributed by atoms with Gasteiger partial charge in [0.1, 0.15) is 42.3 Å². The van der Waals surface area contributed by atoms with Crippen molar-refractivity contribution in [1.82, 2.24) is 47.1 Å². The van der Waals surface area contributed by atoms with Crippen molar-refractivity contribution in [2.45, 2.75) is 158 Å². The predicted octanol–water partition coefficient (Wildman–Crippen LogP) is -4.36. The number of fused-ring (bicyclic) bond motifs is 1.